The summed E-state index contributed by atoms with van der Waals surface area (Å²) < 4.78 is 11.0. The monoisotopic (exact) mass is 407 g/mol. The number of carbonyl (C=O) groups is 1. The van der Waals surface area contributed by atoms with E-state index in [1.807, 2.05) is 49.9 Å². The van der Waals surface area contributed by atoms with Crippen LogP contribution in [-0.2, 0) is 17.8 Å². The van der Waals surface area contributed by atoms with E-state index in [1.54, 1.807) is 0 Å². The standard InChI is InChI=1S/C21H29N3O3.ClH/c1-14(22)20-6-4-5-11-24(20)21(25)12-17-7-9-18(10-8-17)26-13-19-15(2)23-27-16(19)3;/h7-10,14,20H,4-6,11-13,22H2,1-3H3;1H. The third-order valence-electron chi connectivity index (χ3n) is 5.32. The van der Waals surface area contributed by atoms with Gasteiger partial charge in [-0.2, -0.15) is 0 Å². The molecule has 154 valence electrons. The van der Waals surface area contributed by atoms with Gasteiger partial charge in [0, 0.05) is 18.6 Å². The van der Waals surface area contributed by atoms with Crippen molar-refractivity contribution in [3.8, 4) is 5.75 Å². The van der Waals surface area contributed by atoms with Crippen molar-refractivity contribution in [3.05, 3.63) is 46.8 Å². The van der Waals surface area contributed by atoms with Crippen LogP contribution in [0.1, 0.15) is 48.8 Å². The number of aryl methyl sites for hydroxylation is 2. The van der Waals surface area contributed by atoms with E-state index in [-0.39, 0.29) is 30.4 Å². The molecule has 1 saturated heterocycles. The minimum atomic E-state index is 0. The fourth-order valence-electron chi connectivity index (χ4n) is 3.66. The van der Waals surface area contributed by atoms with Crippen molar-refractivity contribution in [2.75, 3.05) is 6.54 Å². The highest BCUT2D eigenvalue weighted by Crippen LogP contribution is 2.22. The number of hydrogen-bond donors (Lipinski definition) is 1. The molecule has 1 fully saturated rings. The van der Waals surface area contributed by atoms with Crippen LogP contribution in [0, 0.1) is 13.8 Å². The third kappa shape index (κ3) is 5.26. The Hall–Kier alpha value is -2.05. The van der Waals surface area contributed by atoms with E-state index in [4.69, 9.17) is 15.0 Å². The van der Waals surface area contributed by atoms with Gasteiger partial charge in [0.05, 0.1) is 17.7 Å². The second-order valence-corrected chi connectivity index (χ2v) is 7.42. The van der Waals surface area contributed by atoms with Gasteiger partial charge in [-0.25, -0.2) is 0 Å². The minimum Gasteiger partial charge on any atom is -0.489 e. The van der Waals surface area contributed by atoms with Gasteiger partial charge in [-0.05, 0) is 57.7 Å². The fraction of sp³-hybridized carbons (Fsp3) is 0.524. The molecule has 2 heterocycles. The lowest BCUT2D eigenvalue weighted by Gasteiger charge is -2.38. The zero-order valence-corrected chi connectivity index (χ0v) is 17.6. The molecule has 1 amide bonds. The van der Waals surface area contributed by atoms with E-state index < -0.39 is 0 Å². The Morgan fingerprint density at radius 2 is 2.04 bits per heavy atom. The topological polar surface area (TPSA) is 81.6 Å². The molecule has 2 atom stereocenters. The Morgan fingerprint density at radius 1 is 1.32 bits per heavy atom. The Bertz CT molecular complexity index is 754. The first-order chi connectivity index (χ1) is 13.0. The normalized spacial score (nSPS) is 17.7. The predicted octanol–water partition coefficient (Wildman–Crippen LogP) is 3.56. The summed E-state index contributed by atoms with van der Waals surface area (Å²) in [4.78, 5) is 14.7. The van der Waals surface area contributed by atoms with Crippen molar-refractivity contribution in [1.29, 1.82) is 0 Å². The minimum absolute atomic E-state index is 0. The first kappa shape index (κ1) is 22.2. The summed E-state index contributed by atoms with van der Waals surface area (Å²) in [6.07, 6.45) is 3.60. The molecule has 0 bridgehead atoms. The molecule has 2 N–H and O–H groups in total. The van der Waals surface area contributed by atoms with Crippen LogP contribution in [-0.4, -0.2) is 34.6 Å². The van der Waals surface area contributed by atoms with Gasteiger partial charge in [-0.1, -0.05) is 17.3 Å². The maximum absolute atomic E-state index is 12.7. The SMILES string of the molecule is Cc1noc(C)c1COc1ccc(CC(=O)N2CCCCC2C(C)N)cc1.Cl. The van der Waals surface area contributed by atoms with Gasteiger partial charge in [0.25, 0.3) is 0 Å². The number of aromatic nitrogens is 1. The second-order valence-electron chi connectivity index (χ2n) is 7.42. The highest BCUT2D eigenvalue weighted by molar-refractivity contribution is 5.85. The molecule has 1 aliphatic heterocycles. The van der Waals surface area contributed by atoms with Crippen LogP contribution in [0.15, 0.2) is 28.8 Å². The van der Waals surface area contributed by atoms with Gasteiger partial charge in [0.2, 0.25) is 5.91 Å². The van der Waals surface area contributed by atoms with Gasteiger partial charge in [-0.3, -0.25) is 4.79 Å². The maximum atomic E-state index is 12.7. The van der Waals surface area contributed by atoms with Gasteiger partial charge < -0.3 is 19.9 Å². The molecule has 1 aliphatic rings. The van der Waals surface area contributed by atoms with Crippen LogP contribution in [0.2, 0.25) is 0 Å². The van der Waals surface area contributed by atoms with Crippen LogP contribution >= 0.6 is 12.4 Å². The van der Waals surface area contributed by atoms with E-state index in [1.165, 1.54) is 0 Å². The lowest BCUT2D eigenvalue weighted by molar-refractivity contribution is -0.134. The Labute approximate surface area is 172 Å². The number of benzene rings is 1. The predicted molar refractivity (Wildman–Crippen MR) is 111 cm³/mol. The second kappa shape index (κ2) is 9.94. The highest BCUT2D eigenvalue weighted by Gasteiger charge is 2.28. The van der Waals surface area contributed by atoms with Crippen molar-refractivity contribution in [2.45, 2.75) is 65.1 Å². The summed E-state index contributed by atoms with van der Waals surface area (Å²) in [5.74, 6) is 1.69. The third-order valence-corrected chi connectivity index (χ3v) is 5.32. The fourth-order valence-corrected chi connectivity index (χ4v) is 3.66. The molecule has 2 unspecified atom stereocenters. The largest absolute Gasteiger partial charge is 0.489 e. The molecule has 0 saturated carbocycles. The smallest absolute Gasteiger partial charge is 0.227 e. The molecular formula is C21H30ClN3O3. The molecular weight excluding hydrogens is 378 g/mol. The van der Waals surface area contributed by atoms with Gasteiger partial charge >= 0.3 is 0 Å². The number of hydrogen-bond acceptors (Lipinski definition) is 5. The number of piperidine rings is 1. The maximum Gasteiger partial charge on any atom is 0.227 e. The molecule has 0 spiro atoms. The molecule has 1 aromatic heterocycles. The van der Waals surface area contributed by atoms with Crippen molar-refractivity contribution in [3.63, 3.8) is 0 Å². The number of halogens is 1. The summed E-state index contributed by atoms with van der Waals surface area (Å²) in [5.41, 5.74) is 8.89. The van der Waals surface area contributed by atoms with Crippen molar-refractivity contribution in [1.82, 2.24) is 10.1 Å². The van der Waals surface area contributed by atoms with Gasteiger partial charge in [0.15, 0.2) is 0 Å². The molecule has 1 aromatic carbocycles. The Balaban J connectivity index is 0.00000280. The Morgan fingerprint density at radius 3 is 2.64 bits per heavy atom. The van der Waals surface area contributed by atoms with Gasteiger partial charge in [0.1, 0.15) is 18.1 Å². The molecule has 28 heavy (non-hydrogen) atoms. The lowest BCUT2D eigenvalue weighted by atomic mass is 9.96. The van der Waals surface area contributed by atoms with Crippen molar-refractivity contribution >= 4 is 18.3 Å². The number of nitrogens with two attached hydrogens (primary N) is 1. The summed E-state index contributed by atoms with van der Waals surface area (Å²) in [5, 5.41) is 3.93. The zero-order chi connectivity index (χ0) is 19.4. The molecule has 7 heteroatoms. The first-order valence-corrected chi connectivity index (χ1v) is 9.64. The number of likely N-dealkylation sites (tertiary alicyclic amines) is 1. The molecule has 2 aromatic rings. The van der Waals surface area contributed by atoms with Crippen LogP contribution in [0.5, 0.6) is 5.75 Å². The number of nitrogens with zero attached hydrogens (tertiary/aromatic N) is 2. The summed E-state index contributed by atoms with van der Waals surface area (Å²) in [6, 6.07) is 7.87. The number of rotatable bonds is 6. The highest BCUT2D eigenvalue weighted by atomic mass is 35.5. The van der Waals surface area contributed by atoms with E-state index in [9.17, 15) is 4.79 Å². The summed E-state index contributed by atoms with van der Waals surface area (Å²) in [7, 11) is 0. The average Bonchev–Trinajstić information content (AvgIpc) is 2.99. The van der Waals surface area contributed by atoms with E-state index >= 15 is 0 Å². The molecule has 0 radical (unpaired) electrons. The van der Waals surface area contributed by atoms with Crippen molar-refractivity contribution < 1.29 is 14.1 Å². The van der Waals surface area contributed by atoms with Crippen LogP contribution in [0.3, 0.4) is 0 Å². The zero-order valence-electron chi connectivity index (χ0n) is 16.8. The van der Waals surface area contributed by atoms with Crippen LogP contribution in [0.25, 0.3) is 0 Å². The number of ether oxygens (including phenoxy) is 1. The first-order valence-electron chi connectivity index (χ1n) is 9.64. The molecule has 6 nitrogen and oxygen atoms in total. The van der Waals surface area contributed by atoms with Crippen LogP contribution < -0.4 is 10.5 Å². The number of carbonyl (C=O) groups excluding carboxylic acids is 1. The average molecular weight is 408 g/mol. The quantitative estimate of drug-likeness (QED) is 0.791. The molecule has 3 rings (SSSR count). The van der Waals surface area contributed by atoms with E-state index in [0.717, 1.165) is 54.1 Å². The molecule has 0 aliphatic carbocycles. The van der Waals surface area contributed by atoms with Crippen molar-refractivity contribution in [2.24, 2.45) is 5.73 Å². The van der Waals surface area contributed by atoms with Crippen LogP contribution in [0.4, 0.5) is 0 Å². The van der Waals surface area contributed by atoms with E-state index in [2.05, 4.69) is 5.16 Å². The number of amides is 1. The van der Waals surface area contributed by atoms with E-state index in [0.29, 0.717) is 13.0 Å². The summed E-state index contributed by atoms with van der Waals surface area (Å²) >= 11 is 0. The lowest BCUT2D eigenvalue weighted by Crippen LogP contribution is -2.52. The summed E-state index contributed by atoms with van der Waals surface area (Å²) in [6.45, 7) is 7.00. The van der Waals surface area contributed by atoms with Gasteiger partial charge in [-0.15, -0.1) is 12.4 Å². The Kier molecular flexibility index (Phi) is 7.89.